The number of ether oxygens (including phenoxy) is 3. The highest BCUT2D eigenvalue weighted by molar-refractivity contribution is 7.84. The second kappa shape index (κ2) is 11.3. The van der Waals surface area contributed by atoms with Crippen LogP contribution in [0, 0.1) is 0 Å². The van der Waals surface area contributed by atoms with Crippen LogP contribution in [0.4, 0.5) is 10.5 Å². The van der Waals surface area contributed by atoms with Gasteiger partial charge >= 0.3 is 16.4 Å². The van der Waals surface area contributed by atoms with Crippen LogP contribution in [0.1, 0.15) is 13.3 Å². The first-order valence-electron chi connectivity index (χ1n) is 8.93. The quantitative estimate of drug-likeness (QED) is 0.494. The zero-order chi connectivity index (χ0) is 23.0. The minimum Gasteiger partial charge on any atom is -0.489 e. The normalized spacial score (nSPS) is 11.1. The molecule has 0 saturated carbocycles. The number of para-hydroxylation sites is 1. The Morgan fingerprint density at radius 3 is 2.55 bits per heavy atom. The van der Waals surface area contributed by atoms with E-state index in [2.05, 4.69) is 9.17 Å². The van der Waals surface area contributed by atoms with Gasteiger partial charge in [0.25, 0.3) is 0 Å². The molecule has 1 aromatic carbocycles. The van der Waals surface area contributed by atoms with Crippen LogP contribution in [0.25, 0.3) is 0 Å². The minimum atomic E-state index is -4.55. The summed E-state index contributed by atoms with van der Waals surface area (Å²) in [6, 6.07) is 6.14. The van der Waals surface area contributed by atoms with Gasteiger partial charge < -0.3 is 18.4 Å². The largest absolute Gasteiger partial charge is 0.489 e. The molecule has 13 heteroatoms. The van der Waals surface area contributed by atoms with Gasteiger partial charge in [-0.25, -0.2) is 9.78 Å². The molecule has 0 saturated heterocycles. The van der Waals surface area contributed by atoms with E-state index in [9.17, 15) is 13.2 Å². The lowest BCUT2D eigenvalue weighted by Crippen LogP contribution is -2.36. The third kappa shape index (κ3) is 7.40. The van der Waals surface area contributed by atoms with Crippen molar-refractivity contribution in [2.45, 2.75) is 13.3 Å². The summed E-state index contributed by atoms with van der Waals surface area (Å²) in [5.74, 6) is 0.323. The Hall–Kier alpha value is -2.31. The van der Waals surface area contributed by atoms with Crippen molar-refractivity contribution >= 4 is 45.3 Å². The highest BCUT2D eigenvalue weighted by Gasteiger charge is 2.28. The molecule has 1 amide bonds. The molecule has 0 bridgehead atoms. The van der Waals surface area contributed by atoms with Crippen LogP contribution in [0.2, 0.25) is 10.0 Å². The molecular formula is C18H21Cl2N3O7S. The van der Waals surface area contributed by atoms with Gasteiger partial charge in [-0.3, -0.25) is 4.90 Å². The van der Waals surface area contributed by atoms with Crippen molar-refractivity contribution < 1.29 is 31.6 Å². The molecule has 1 heterocycles. The number of carbonyl (C=O) groups is 1. The SMILES string of the molecule is CCCN(C(=O)OS(N)(=O)=O)c1c(OCCOC)cccc1Oc1ncc(Cl)cc1Cl. The van der Waals surface area contributed by atoms with Gasteiger partial charge in [-0.1, -0.05) is 36.2 Å². The molecule has 0 atom stereocenters. The average molecular weight is 494 g/mol. The summed E-state index contributed by atoms with van der Waals surface area (Å²) in [5, 5.41) is 5.29. The number of nitrogens with two attached hydrogens (primary N) is 1. The average Bonchev–Trinajstić information content (AvgIpc) is 2.68. The van der Waals surface area contributed by atoms with E-state index in [0.29, 0.717) is 11.4 Å². The Kier molecular flexibility index (Phi) is 9.14. The number of anilines is 1. The van der Waals surface area contributed by atoms with E-state index in [0.717, 1.165) is 4.90 Å². The summed E-state index contributed by atoms with van der Waals surface area (Å²) in [5.41, 5.74) is 0.0990. The summed E-state index contributed by atoms with van der Waals surface area (Å²) in [4.78, 5) is 17.7. The van der Waals surface area contributed by atoms with Gasteiger partial charge in [0.1, 0.15) is 23.1 Å². The van der Waals surface area contributed by atoms with Crippen molar-refractivity contribution in [3.63, 3.8) is 0 Å². The fourth-order valence-corrected chi connectivity index (χ4v) is 3.15. The van der Waals surface area contributed by atoms with E-state index in [1.54, 1.807) is 19.1 Å². The number of hydrogen-bond donors (Lipinski definition) is 1. The Balaban J connectivity index is 2.55. The predicted octanol–water partition coefficient (Wildman–Crippen LogP) is 3.76. The van der Waals surface area contributed by atoms with E-state index in [4.69, 9.17) is 42.6 Å². The monoisotopic (exact) mass is 493 g/mol. The van der Waals surface area contributed by atoms with Gasteiger partial charge in [0.15, 0.2) is 5.75 Å². The fourth-order valence-electron chi connectivity index (χ4n) is 2.45. The Bertz CT molecular complexity index is 1020. The van der Waals surface area contributed by atoms with E-state index < -0.39 is 16.4 Å². The number of halogens is 2. The molecule has 0 unspecified atom stereocenters. The molecule has 0 aliphatic rings. The number of pyridine rings is 1. The number of benzene rings is 1. The first kappa shape index (κ1) is 25.0. The van der Waals surface area contributed by atoms with Gasteiger partial charge in [-0.15, -0.1) is 0 Å². The van der Waals surface area contributed by atoms with E-state index in [1.807, 2.05) is 0 Å². The van der Waals surface area contributed by atoms with E-state index in [-0.39, 0.29) is 47.8 Å². The van der Waals surface area contributed by atoms with Gasteiger partial charge in [0.05, 0.1) is 11.6 Å². The molecule has 0 fully saturated rings. The van der Waals surface area contributed by atoms with Crippen LogP contribution in [-0.4, -0.2) is 46.4 Å². The lowest BCUT2D eigenvalue weighted by molar-refractivity contribution is 0.146. The second-order valence-electron chi connectivity index (χ2n) is 5.98. The third-order valence-corrected chi connectivity index (χ3v) is 4.47. The smallest absolute Gasteiger partial charge is 0.431 e. The zero-order valence-corrected chi connectivity index (χ0v) is 19.0. The van der Waals surface area contributed by atoms with Crippen molar-refractivity contribution in [1.82, 2.24) is 4.98 Å². The fraction of sp³-hybridized carbons (Fsp3) is 0.333. The molecule has 2 N–H and O–H groups in total. The lowest BCUT2D eigenvalue weighted by atomic mass is 10.2. The number of carbonyl (C=O) groups excluding carboxylic acids is 1. The second-order valence-corrected chi connectivity index (χ2v) is 7.98. The van der Waals surface area contributed by atoms with Gasteiger partial charge in [-0.05, 0) is 24.6 Å². The van der Waals surface area contributed by atoms with Crippen molar-refractivity contribution in [1.29, 1.82) is 0 Å². The first-order chi connectivity index (χ1) is 14.7. The number of nitrogens with zero attached hydrogens (tertiary/aromatic N) is 2. The van der Waals surface area contributed by atoms with Crippen LogP contribution in [0.3, 0.4) is 0 Å². The summed E-state index contributed by atoms with van der Waals surface area (Å²) < 4.78 is 43.5. The third-order valence-electron chi connectivity index (χ3n) is 3.61. The summed E-state index contributed by atoms with van der Waals surface area (Å²) >= 11 is 12.0. The molecule has 0 radical (unpaired) electrons. The number of amides is 1. The maximum Gasteiger partial charge on any atom is 0.431 e. The molecule has 0 spiro atoms. The zero-order valence-electron chi connectivity index (χ0n) is 16.7. The van der Waals surface area contributed by atoms with Crippen molar-refractivity contribution in [3.05, 3.63) is 40.5 Å². The first-order valence-corrected chi connectivity index (χ1v) is 11.2. The highest BCUT2D eigenvalue weighted by Crippen LogP contribution is 2.42. The number of rotatable bonds is 10. The van der Waals surface area contributed by atoms with Crippen LogP contribution in [0.15, 0.2) is 30.5 Å². The molecule has 2 aromatic rings. The van der Waals surface area contributed by atoms with E-state index >= 15 is 0 Å². The maximum absolute atomic E-state index is 12.6. The molecule has 0 aliphatic heterocycles. The van der Waals surface area contributed by atoms with Crippen LogP contribution in [-0.2, 0) is 19.2 Å². The van der Waals surface area contributed by atoms with Crippen LogP contribution in [0.5, 0.6) is 17.4 Å². The predicted molar refractivity (Wildman–Crippen MR) is 115 cm³/mol. The molecule has 31 heavy (non-hydrogen) atoms. The number of methoxy groups -OCH3 is 1. The summed E-state index contributed by atoms with van der Waals surface area (Å²) in [7, 11) is -3.05. The Morgan fingerprint density at radius 2 is 1.94 bits per heavy atom. The minimum absolute atomic E-state index is 0.0117. The summed E-state index contributed by atoms with van der Waals surface area (Å²) in [6.45, 7) is 2.27. The van der Waals surface area contributed by atoms with Crippen molar-refractivity contribution in [3.8, 4) is 17.4 Å². The van der Waals surface area contributed by atoms with Crippen molar-refractivity contribution in [2.75, 3.05) is 31.8 Å². The molecule has 10 nitrogen and oxygen atoms in total. The lowest BCUT2D eigenvalue weighted by Gasteiger charge is -2.25. The van der Waals surface area contributed by atoms with Gasteiger partial charge in [-0.2, -0.15) is 13.6 Å². The van der Waals surface area contributed by atoms with Crippen LogP contribution < -0.4 is 19.5 Å². The van der Waals surface area contributed by atoms with E-state index in [1.165, 1.54) is 25.4 Å². The van der Waals surface area contributed by atoms with Crippen molar-refractivity contribution in [2.24, 2.45) is 5.14 Å². The maximum atomic E-state index is 12.6. The number of hydrogen-bond acceptors (Lipinski definition) is 8. The molecule has 170 valence electrons. The Morgan fingerprint density at radius 1 is 1.23 bits per heavy atom. The van der Waals surface area contributed by atoms with Gasteiger partial charge in [0.2, 0.25) is 5.88 Å². The van der Waals surface area contributed by atoms with Crippen LogP contribution >= 0.6 is 23.2 Å². The molecule has 1 aromatic heterocycles. The molecule has 0 aliphatic carbocycles. The highest BCUT2D eigenvalue weighted by atomic mass is 35.5. The Labute approximate surface area is 190 Å². The topological polar surface area (TPSA) is 130 Å². The standard InChI is InChI=1S/C18H21Cl2N3O7S/c1-3-7-23(18(24)30-31(21,25)26)16-14(28-9-8-27-2)5-4-6-15(16)29-17-13(20)10-12(19)11-22-17/h4-6,10-11H,3,7-9H2,1-2H3,(H2,21,25,26). The number of aromatic nitrogens is 1. The van der Waals surface area contributed by atoms with Gasteiger partial charge in [0, 0.05) is 19.9 Å². The molecular weight excluding hydrogens is 473 g/mol. The summed E-state index contributed by atoms with van der Waals surface area (Å²) in [6.07, 6.45) is 0.554. The molecule has 2 rings (SSSR count).